The van der Waals surface area contributed by atoms with Crippen LogP contribution in [0.25, 0.3) is 0 Å². The second-order valence-electron chi connectivity index (χ2n) is 7.13. The first-order valence-corrected chi connectivity index (χ1v) is 10.3. The van der Waals surface area contributed by atoms with E-state index in [0.717, 1.165) is 43.0 Å². The topological polar surface area (TPSA) is 93.9 Å². The van der Waals surface area contributed by atoms with Crippen LogP contribution in [0.15, 0.2) is 36.8 Å². The van der Waals surface area contributed by atoms with Gasteiger partial charge in [0.2, 0.25) is 5.95 Å². The summed E-state index contributed by atoms with van der Waals surface area (Å²) in [6.45, 7) is 1.83. The largest absolute Gasteiger partial charge is 0.347 e. The fraction of sp³-hybridized carbons (Fsp3) is 0.350. The zero-order valence-electron chi connectivity index (χ0n) is 16.4. The number of nitriles is 1. The molecular weight excluding hydrogens is 384 g/mol. The molecule has 0 spiro atoms. The highest BCUT2D eigenvalue weighted by atomic mass is 32.1. The summed E-state index contributed by atoms with van der Waals surface area (Å²) in [5.41, 5.74) is 2.14. The Balaban J connectivity index is 1.47. The van der Waals surface area contributed by atoms with E-state index in [9.17, 15) is 0 Å². The molecule has 1 saturated heterocycles. The van der Waals surface area contributed by atoms with Crippen LogP contribution >= 0.6 is 11.3 Å². The standard InChI is InChI=1S/C20H22N8S/c1-27(2)19-22-10-14(11-23-19)13-28-8-4-6-17(28)16-5-3-7-18(25-16)26-20-24-12-15(9-21)29-20/h3,5,7,10-12,17H,4,6,8,13H2,1-2H3,(H,24,25,26)/t17-/m1/s1. The molecule has 1 fully saturated rings. The van der Waals surface area contributed by atoms with Crippen LogP contribution in [-0.4, -0.2) is 45.5 Å². The minimum Gasteiger partial charge on any atom is -0.347 e. The lowest BCUT2D eigenvalue weighted by atomic mass is 10.1. The molecule has 0 saturated carbocycles. The van der Waals surface area contributed by atoms with Gasteiger partial charge in [-0.2, -0.15) is 5.26 Å². The van der Waals surface area contributed by atoms with Gasteiger partial charge in [-0.3, -0.25) is 4.90 Å². The molecule has 1 N–H and O–H groups in total. The zero-order valence-corrected chi connectivity index (χ0v) is 17.2. The van der Waals surface area contributed by atoms with Crippen LogP contribution in [0.4, 0.5) is 16.9 Å². The summed E-state index contributed by atoms with van der Waals surface area (Å²) in [5.74, 6) is 1.46. The van der Waals surface area contributed by atoms with Crippen LogP contribution in [0.1, 0.15) is 35.0 Å². The molecule has 4 rings (SSSR count). The van der Waals surface area contributed by atoms with Gasteiger partial charge in [0.05, 0.1) is 17.9 Å². The smallest absolute Gasteiger partial charge is 0.224 e. The van der Waals surface area contributed by atoms with E-state index in [4.69, 9.17) is 10.2 Å². The quantitative estimate of drug-likeness (QED) is 0.666. The fourth-order valence-electron chi connectivity index (χ4n) is 3.45. The van der Waals surface area contributed by atoms with E-state index < -0.39 is 0 Å². The van der Waals surface area contributed by atoms with E-state index in [1.165, 1.54) is 11.3 Å². The number of pyridine rings is 1. The van der Waals surface area contributed by atoms with Gasteiger partial charge in [0, 0.05) is 38.6 Å². The molecule has 0 aliphatic carbocycles. The third-order valence-electron chi connectivity index (χ3n) is 4.80. The number of hydrogen-bond acceptors (Lipinski definition) is 9. The highest BCUT2D eigenvalue weighted by Crippen LogP contribution is 2.33. The second kappa shape index (κ2) is 8.51. The average Bonchev–Trinajstić information content (AvgIpc) is 3.38. The van der Waals surface area contributed by atoms with Gasteiger partial charge in [0.1, 0.15) is 16.8 Å². The molecule has 0 unspecified atom stereocenters. The van der Waals surface area contributed by atoms with Crippen LogP contribution in [0, 0.1) is 11.3 Å². The van der Waals surface area contributed by atoms with Crippen molar-refractivity contribution in [2.24, 2.45) is 0 Å². The van der Waals surface area contributed by atoms with Crippen molar-refractivity contribution in [1.29, 1.82) is 5.26 Å². The van der Waals surface area contributed by atoms with Crippen LogP contribution < -0.4 is 10.2 Å². The van der Waals surface area contributed by atoms with Gasteiger partial charge in [-0.05, 0) is 31.5 Å². The number of nitrogens with zero attached hydrogens (tertiary/aromatic N) is 7. The molecule has 0 amide bonds. The Kier molecular flexibility index (Phi) is 5.64. The highest BCUT2D eigenvalue weighted by Gasteiger charge is 2.27. The van der Waals surface area contributed by atoms with Gasteiger partial charge < -0.3 is 10.2 Å². The number of rotatable bonds is 6. The highest BCUT2D eigenvalue weighted by molar-refractivity contribution is 7.16. The zero-order chi connectivity index (χ0) is 20.2. The number of anilines is 3. The van der Waals surface area contributed by atoms with Crippen molar-refractivity contribution in [3.05, 3.63) is 52.9 Å². The molecular formula is C20H22N8S. The SMILES string of the molecule is CN(C)c1ncc(CN2CCC[C@@H]2c2cccc(Nc3ncc(C#N)s3)n2)cn1. The molecule has 3 aromatic heterocycles. The van der Waals surface area contributed by atoms with Gasteiger partial charge in [-0.15, -0.1) is 0 Å². The van der Waals surface area contributed by atoms with Gasteiger partial charge in [0.25, 0.3) is 0 Å². The van der Waals surface area contributed by atoms with Crippen molar-refractivity contribution < 1.29 is 0 Å². The lowest BCUT2D eigenvalue weighted by molar-refractivity contribution is 0.244. The number of thiazole rings is 1. The van der Waals surface area contributed by atoms with Crippen LogP contribution in [0.2, 0.25) is 0 Å². The Hall–Kier alpha value is -3.09. The van der Waals surface area contributed by atoms with E-state index in [1.807, 2.05) is 43.5 Å². The van der Waals surface area contributed by atoms with Gasteiger partial charge >= 0.3 is 0 Å². The maximum absolute atomic E-state index is 8.96. The van der Waals surface area contributed by atoms with Crippen molar-refractivity contribution in [1.82, 2.24) is 24.8 Å². The van der Waals surface area contributed by atoms with Crippen molar-refractivity contribution in [3.8, 4) is 6.07 Å². The fourth-order valence-corrected chi connectivity index (χ4v) is 4.07. The third kappa shape index (κ3) is 4.50. The summed E-state index contributed by atoms with van der Waals surface area (Å²) in [4.78, 5) is 22.8. The number of hydrogen-bond donors (Lipinski definition) is 1. The first kappa shape index (κ1) is 19.2. The summed E-state index contributed by atoms with van der Waals surface area (Å²) < 4.78 is 0. The Bertz CT molecular complexity index is 1010. The molecule has 0 radical (unpaired) electrons. The Morgan fingerprint density at radius 1 is 1.24 bits per heavy atom. The molecule has 9 heteroatoms. The first-order valence-electron chi connectivity index (χ1n) is 9.44. The van der Waals surface area contributed by atoms with Crippen molar-refractivity contribution in [3.63, 3.8) is 0 Å². The van der Waals surface area contributed by atoms with Gasteiger partial charge in [-0.25, -0.2) is 19.9 Å². The molecule has 0 bridgehead atoms. The van der Waals surface area contributed by atoms with Gasteiger partial charge in [-0.1, -0.05) is 17.4 Å². The number of nitrogens with one attached hydrogen (secondary N) is 1. The van der Waals surface area contributed by atoms with E-state index in [2.05, 4.69) is 37.3 Å². The molecule has 0 aromatic carbocycles. The predicted molar refractivity (Wildman–Crippen MR) is 113 cm³/mol. The molecule has 3 aromatic rings. The monoisotopic (exact) mass is 406 g/mol. The minimum atomic E-state index is 0.260. The molecule has 29 heavy (non-hydrogen) atoms. The summed E-state index contributed by atoms with van der Waals surface area (Å²) in [6.07, 6.45) is 7.58. The molecule has 4 heterocycles. The first-order chi connectivity index (χ1) is 14.1. The molecule has 1 aliphatic heterocycles. The molecule has 8 nitrogen and oxygen atoms in total. The van der Waals surface area contributed by atoms with Crippen molar-refractivity contribution in [2.75, 3.05) is 30.9 Å². The third-order valence-corrected chi connectivity index (χ3v) is 5.62. The average molecular weight is 407 g/mol. The maximum Gasteiger partial charge on any atom is 0.224 e. The van der Waals surface area contributed by atoms with E-state index in [1.54, 1.807) is 6.20 Å². The molecule has 1 atom stereocenters. The van der Waals surface area contributed by atoms with Crippen LogP contribution in [0.5, 0.6) is 0 Å². The summed E-state index contributed by atoms with van der Waals surface area (Å²) in [5, 5.41) is 12.8. The van der Waals surface area contributed by atoms with Crippen molar-refractivity contribution in [2.45, 2.75) is 25.4 Å². The summed E-state index contributed by atoms with van der Waals surface area (Å²) in [7, 11) is 3.87. The van der Waals surface area contributed by atoms with E-state index >= 15 is 0 Å². The maximum atomic E-state index is 8.96. The van der Waals surface area contributed by atoms with E-state index in [-0.39, 0.29) is 6.04 Å². The van der Waals surface area contributed by atoms with E-state index in [0.29, 0.717) is 16.0 Å². The Morgan fingerprint density at radius 3 is 2.79 bits per heavy atom. The minimum absolute atomic E-state index is 0.260. The summed E-state index contributed by atoms with van der Waals surface area (Å²) >= 11 is 1.32. The Labute approximate surface area is 173 Å². The van der Waals surface area contributed by atoms with Crippen LogP contribution in [-0.2, 0) is 6.54 Å². The van der Waals surface area contributed by atoms with Gasteiger partial charge in [0.15, 0.2) is 5.13 Å². The number of likely N-dealkylation sites (tertiary alicyclic amines) is 1. The Morgan fingerprint density at radius 2 is 2.07 bits per heavy atom. The summed E-state index contributed by atoms with van der Waals surface area (Å²) in [6, 6.07) is 8.37. The lowest BCUT2D eigenvalue weighted by Gasteiger charge is -2.24. The number of aromatic nitrogens is 4. The normalized spacial score (nSPS) is 16.5. The van der Waals surface area contributed by atoms with Crippen molar-refractivity contribution >= 4 is 28.2 Å². The molecule has 1 aliphatic rings. The second-order valence-corrected chi connectivity index (χ2v) is 8.16. The lowest BCUT2D eigenvalue weighted by Crippen LogP contribution is -2.24. The molecule has 148 valence electrons. The van der Waals surface area contributed by atoms with Crippen LogP contribution in [0.3, 0.4) is 0 Å². The predicted octanol–water partition coefficient (Wildman–Crippen LogP) is 3.35.